The van der Waals surface area contributed by atoms with Crippen molar-refractivity contribution in [2.75, 3.05) is 19.3 Å². The lowest BCUT2D eigenvalue weighted by molar-refractivity contribution is -0.133. The second-order valence-corrected chi connectivity index (χ2v) is 8.05. The van der Waals surface area contributed by atoms with E-state index in [1.54, 1.807) is 0 Å². The second kappa shape index (κ2) is 6.60. The lowest BCUT2D eigenvalue weighted by atomic mass is 9.94. The second-order valence-electron chi connectivity index (χ2n) is 5.73. The Hall–Kier alpha value is -1.36. The molecule has 1 aliphatic rings. The highest BCUT2D eigenvalue weighted by Crippen LogP contribution is 2.25. The quantitative estimate of drug-likeness (QED) is 0.857. The minimum Gasteiger partial charge on any atom is -0.342 e. The molecule has 1 aliphatic heterocycles. The van der Waals surface area contributed by atoms with Crippen LogP contribution in [0, 0.1) is 0 Å². The molecule has 1 fully saturated rings. The number of amides is 1. The number of piperidine rings is 1. The molecule has 4 nitrogen and oxygen atoms in total. The van der Waals surface area contributed by atoms with Crippen LogP contribution in [0.3, 0.4) is 0 Å². The molecule has 0 spiro atoms. The van der Waals surface area contributed by atoms with E-state index in [1.165, 1.54) is 6.26 Å². The van der Waals surface area contributed by atoms with Crippen LogP contribution in [0.1, 0.15) is 37.7 Å². The lowest BCUT2D eigenvalue weighted by Crippen LogP contribution is -2.44. The molecule has 2 rings (SSSR count). The van der Waals surface area contributed by atoms with Gasteiger partial charge in [-0.3, -0.25) is 4.79 Å². The molecule has 21 heavy (non-hydrogen) atoms. The molecule has 0 N–H and O–H groups in total. The average Bonchev–Trinajstić information content (AvgIpc) is 2.48. The number of hydrogen-bond acceptors (Lipinski definition) is 3. The Morgan fingerprint density at radius 3 is 2.29 bits per heavy atom. The van der Waals surface area contributed by atoms with Crippen molar-refractivity contribution in [1.82, 2.24) is 4.90 Å². The largest absolute Gasteiger partial charge is 0.342 e. The Morgan fingerprint density at radius 2 is 1.81 bits per heavy atom. The fourth-order valence-corrected chi connectivity index (χ4v) is 4.03. The maximum atomic E-state index is 12.7. The van der Waals surface area contributed by atoms with Crippen molar-refractivity contribution in [2.24, 2.45) is 0 Å². The van der Waals surface area contributed by atoms with Crippen molar-refractivity contribution in [3.8, 4) is 0 Å². The van der Waals surface area contributed by atoms with Crippen LogP contribution in [0.4, 0.5) is 0 Å². The smallest absolute Gasteiger partial charge is 0.230 e. The first-order valence-corrected chi connectivity index (χ1v) is 9.41. The van der Waals surface area contributed by atoms with E-state index >= 15 is 0 Å². The number of rotatable bonds is 4. The molecule has 5 heteroatoms. The van der Waals surface area contributed by atoms with Crippen molar-refractivity contribution < 1.29 is 13.2 Å². The molecular formula is C16H23NO3S. The van der Waals surface area contributed by atoms with Crippen LogP contribution >= 0.6 is 0 Å². The van der Waals surface area contributed by atoms with Crippen LogP contribution in [0.15, 0.2) is 30.3 Å². The van der Waals surface area contributed by atoms with Crippen LogP contribution in [0.2, 0.25) is 0 Å². The molecule has 0 aromatic heterocycles. The van der Waals surface area contributed by atoms with E-state index in [0.29, 0.717) is 25.9 Å². The number of hydrogen-bond donors (Lipinski definition) is 0. The number of carbonyl (C=O) groups excluding carboxylic acids is 1. The van der Waals surface area contributed by atoms with Crippen LogP contribution in [-0.2, 0) is 14.6 Å². The number of likely N-dealkylation sites (tertiary alicyclic amines) is 1. The van der Waals surface area contributed by atoms with Gasteiger partial charge in [-0.05, 0) is 24.8 Å². The summed E-state index contributed by atoms with van der Waals surface area (Å²) in [5.41, 5.74) is 1.04. The summed E-state index contributed by atoms with van der Waals surface area (Å²) in [4.78, 5) is 14.5. The zero-order valence-electron chi connectivity index (χ0n) is 12.7. The van der Waals surface area contributed by atoms with Gasteiger partial charge in [0.05, 0.1) is 11.2 Å². The molecular weight excluding hydrogens is 286 g/mol. The third kappa shape index (κ3) is 3.84. The highest BCUT2D eigenvalue weighted by Gasteiger charge is 2.31. The molecule has 1 atom stereocenters. The Bertz CT molecular complexity index is 575. The van der Waals surface area contributed by atoms with E-state index in [1.807, 2.05) is 42.2 Å². The van der Waals surface area contributed by atoms with Gasteiger partial charge in [0.25, 0.3) is 0 Å². The fourth-order valence-electron chi connectivity index (χ4n) is 2.96. The van der Waals surface area contributed by atoms with Gasteiger partial charge in [0, 0.05) is 19.3 Å². The van der Waals surface area contributed by atoms with Crippen LogP contribution in [-0.4, -0.2) is 43.8 Å². The van der Waals surface area contributed by atoms with Crippen molar-refractivity contribution in [1.29, 1.82) is 0 Å². The fraction of sp³-hybridized carbons (Fsp3) is 0.562. The number of carbonyl (C=O) groups is 1. The van der Waals surface area contributed by atoms with Gasteiger partial charge in [0.1, 0.15) is 9.84 Å². The molecule has 1 saturated heterocycles. The summed E-state index contributed by atoms with van der Waals surface area (Å²) in [5, 5.41) is -0.293. The van der Waals surface area contributed by atoms with Crippen LogP contribution < -0.4 is 0 Å². The average molecular weight is 309 g/mol. The molecule has 0 aliphatic carbocycles. The summed E-state index contributed by atoms with van der Waals surface area (Å²) in [6.07, 6.45) is 3.15. The predicted octanol–water partition coefficient (Wildman–Crippen LogP) is 2.22. The monoisotopic (exact) mass is 309 g/mol. The molecule has 0 saturated carbocycles. The Kier molecular flexibility index (Phi) is 5.04. The van der Waals surface area contributed by atoms with E-state index in [2.05, 4.69) is 0 Å². The Morgan fingerprint density at radius 1 is 1.24 bits per heavy atom. The SMILES string of the molecule is CC[C@@H](C(=O)N1CCC(S(C)(=O)=O)CC1)c1ccccc1. The van der Waals surface area contributed by atoms with E-state index in [9.17, 15) is 13.2 Å². The van der Waals surface area contributed by atoms with E-state index in [0.717, 1.165) is 12.0 Å². The maximum absolute atomic E-state index is 12.7. The molecule has 1 aromatic carbocycles. The molecule has 116 valence electrons. The van der Waals surface area contributed by atoms with Gasteiger partial charge in [0.2, 0.25) is 5.91 Å². The van der Waals surface area contributed by atoms with Crippen molar-refractivity contribution in [2.45, 2.75) is 37.4 Å². The van der Waals surface area contributed by atoms with E-state index in [-0.39, 0.29) is 17.1 Å². The van der Waals surface area contributed by atoms with Crippen molar-refractivity contribution in [3.05, 3.63) is 35.9 Å². The molecule has 0 unspecified atom stereocenters. The normalized spacial score (nSPS) is 18.5. The zero-order valence-corrected chi connectivity index (χ0v) is 13.5. The summed E-state index contributed by atoms with van der Waals surface area (Å²) in [7, 11) is -2.99. The van der Waals surface area contributed by atoms with Gasteiger partial charge < -0.3 is 4.90 Å². The summed E-state index contributed by atoms with van der Waals surface area (Å²) in [5.74, 6) is -0.00312. The summed E-state index contributed by atoms with van der Waals surface area (Å²) in [6.45, 7) is 3.10. The zero-order chi connectivity index (χ0) is 15.5. The van der Waals surface area contributed by atoms with Gasteiger partial charge in [-0.25, -0.2) is 8.42 Å². The van der Waals surface area contributed by atoms with Crippen molar-refractivity contribution in [3.63, 3.8) is 0 Å². The summed E-state index contributed by atoms with van der Waals surface area (Å²) in [6, 6.07) is 9.80. The molecule has 1 heterocycles. The Labute approximate surface area is 127 Å². The minimum absolute atomic E-state index is 0.121. The van der Waals surface area contributed by atoms with Gasteiger partial charge in [-0.2, -0.15) is 0 Å². The van der Waals surface area contributed by atoms with Gasteiger partial charge >= 0.3 is 0 Å². The number of sulfone groups is 1. The van der Waals surface area contributed by atoms with Crippen LogP contribution in [0.5, 0.6) is 0 Å². The first-order valence-electron chi connectivity index (χ1n) is 7.46. The summed E-state index contributed by atoms with van der Waals surface area (Å²) >= 11 is 0. The molecule has 1 aromatic rings. The van der Waals surface area contributed by atoms with Crippen LogP contribution in [0.25, 0.3) is 0 Å². The minimum atomic E-state index is -2.99. The predicted molar refractivity (Wildman–Crippen MR) is 83.9 cm³/mol. The van der Waals surface area contributed by atoms with E-state index < -0.39 is 9.84 Å². The highest BCUT2D eigenvalue weighted by molar-refractivity contribution is 7.91. The lowest BCUT2D eigenvalue weighted by Gasteiger charge is -2.33. The molecule has 1 amide bonds. The first-order chi connectivity index (χ1) is 9.93. The number of nitrogens with zero attached hydrogens (tertiary/aromatic N) is 1. The molecule has 0 bridgehead atoms. The topological polar surface area (TPSA) is 54.5 Å². The summed E-state index contributed by atoms with van der Waals surface area (Å²) < 4.78 is 23.1. The third-order valence-corrected chi connectivity index (χ3v) is 5.95. The van der Waals surface area contributed by atoms with Gasteiger partial charge in [-0.15, -0.1) is 0 Å². The third-order valence-electron chi connectivity index (χ3n) is 4.27. The highest BCUT2D eigenvalue weighted by atomic mass is 32.2. The standard InChI is InChI=1S/C16H23NO3S/c1-3-15(13-7-5-4-6-8-13)16(18)17-11-9-14(10-12-17)21(2,19)20/h4-8,14-15H,3,9-12H2,1-2H3/t15-/m1/s1. The Balaban J connectivity index is 2.04. The van der Waals surface area contributed by atoms with Crippen molar-refractivity contribution >= 4 is 15.7 Å². The van der Waals surface area contributed by atoms with Gasteiger partial charge in [0.15, 0.2) is 0 Å². The number of benzene rings is 1. The maximum Gasteiger partial charge on any atom is 0.230 e. The van der Waals surface area contributed by atoms with E-state index in [4.69, 9.17) is 0 Å². The first kappa shape index (κ1) is 16.0. The molecule has 0 radical (unpaired) electrons. The van der Waals surface area contributed by atoms with Gasteiger partial charge in [-0.1, -0.05) is 37.3 Å².